The smallest absolute Gasteiger partial charge is 0.258 e. The molecule has 0 radical (unpaired) electrons. The highest BCUT2D eigenvalue weighted by atomic mass is 35.5. The second-order valence-corrected chi connectivity index (χ2v) is 6.94. The van der Waals surface area contributed by atoms with Crippen LogP contribution in [0.4, 0.5) is 0 Å². The molecule has 7 heteroatoms. The molecule has 0 fully saturated rings. The summed E-state index contributed by atoms with van der Waals surface area (Å²) in [5, 5.41) is 0.361. The number of amides is 1. The van der Waals surface area contributed by atoms with Crippen molar-refractivity contribution < 1.29 is 14.3 Å². The van der Waals surface area contributed by atoms with Gasteiger partial charge in [0.15, 0.2) is 11.5 Å². The van der Waals surface area contributed by atoms with Gasteiger partial charge in [-0.2, -0.15) is 0 Å². The fourth-order valence-corrected chi connectivity index (χ4v) is 3.67. The molecule has 134 valence electrons. The number of benzene rings is 1. The summed E-state index contributed by atoms with van der Waals surface area (Å²) < 4.78 is 11.5. The maximum Gasteiger partial charge on any atom is 0.258 e. The lowest BCUT2D eigenvalue weighted by Gasteiger charge is -2.31. The van der Waals surface area contributed by atoms with Gasteiger partial charge in [-0.1, -0.05) is 29.8 Å². The average molecular weight is 391 g/mol. The molecule has 0 bridgehead atoms. The van der Waals surface area contributed by atoms with Gasteiger partial charge in [0.2, 0.25) is 0 Å². The van der Waals surface area contributed by atoms with Gasteiger partial charge in [0.05, 0.1) is 13.2 Å². The van der Waals surface area contributed by atoms with E-state index in [0.29, 0.717) is 43.2 Å². The van der Waals surface area contributed by atoms with Crippen LogP contribution in [0, 0.1) is 0 Å². The minimum Gasteiger partial charge on any atom is -0.490 e. The third-order valence-corrected chi connectivity index (χ3v) is 4.86. The molecule has 2 aliphatic heterocycles. The molecule has 2 aliphatic rings. The number of carbonyl (C=O) groups excluding carboxylic acids is 1. The summed E-state index contributed by atoms with van der Waals surface area (Å²) in [5.74, 6) is 1.23. The van der Waals surface area contributed by atoms with E-state index in [0.717, 1.165) is 23.3 Å². The minimum atomic E-state index is -0.209. The highest BCUT2D eigenvalue weighted by Gasteiger charge is 2.28. The van der Waals surface area contributed by atoms with E-state index in [1.807, 2.05) is 12.1 Å². The fourth-order valence-electron chi connectivity index (χ4n) is 3.21. The normalized spacial score (nSPS) is 16.1. The van der Waals surface area contributed by atoms with Crippen molar-refractivity contribution in [1.29, 1.82) is 0 Å². The Morgan fingerprint density at radius 2 is 1.73 bits per heavy atom. The summed E-state index contributed by atoms with van der Waals surface area (Å²) in [4.78, 5) is 18.4. The molecule has 1 amide bonds. The Morgan fingerprint density at radius 3 is 2.42 bits per heavy atom. The van der Waals surface area contributed by atoms with Crippen LogP contribution >= 0.6 is 23.2 Å². The molecule has 0 spiro atoms. The summed E-state index contributed by atoms with van der Waals surface area (Å²) in [7, 11) is 0. The van der Waals surface area contributed by atoms with Crippen molar-refractivity contribution in [3.63, 3.8) is 0 Å². The van der Waals surface area contributed by atoms with E-state index in [-0.39, 0.29) is 16.2 Å². The molecule has 3 heterocycles. The van der Waals surface area contributed by atoms with Crippen LogP contribution in [0.15, 0.2) is 30.8 Å². The Morgan fingerprint density at radius 1 is 1.08 bits per heavy atom. The topological polar surface area (TPSA) is 51.7 Å². The van der Waals surface area contributed by atoms with Crippen molar-refractivity contribution in [2.24, 2.45) is 0 Å². The van der Waals surface area contributed by atoms with Gasteiger partial charge >= 0.3 is 0 Å². The number of hydrogen-bond donors (Lipinski definition) is 0. The van der Waals surface area contributed by atoms with Crippen LogP contribution in [0.25, 0.3) is 5.70 Å². The molecule has 1 aromatic heterocycles. The lowest BCUT2D eigenvalue weighted by atomic mass is 9.95. The predicted octanol–water partition coefficient (Wildman–Crippen LogP) is 4.22. The first-order valence-corrected chi connectivity index (χ1v) is 9.05. The van der Waals surface area contributed by atoms with Crippen molar-refractivity contribution in [1.82, 2.24) is 9.88 Å². The Balaban J connectivity index is 1.67. The number of halogens is 2. The first-order valence-electron chi connectivity index (χ1n) is 8.29. The number of hydrogen-bond acceptors (Lipinski definition) is 4. The average Bonchev–Trinajstić information content (AvgIpc) is 2.84. The highest BCUT2D eigenvalue weighted by molar-refractivity contribution is 6.33. The van der Waals surface area contributed by atoms with Gasteiger partial charge in [0.1, 0.15) is 10.3 Å². The van der Waals surface area contributed by atoms with Crippen molar-refractivity contribution in [2.75, 3.05) is 19.8 Å². The predicted molar refractivity (Wildman–Crippen MR) is 100 cm³/mol. The van der Waals surface area contributed by atoms with Crippen LogP contribution in [0.5, 0.6) is 11.5 Å². The molecule has 26 heavy (non-hydrogen) atoms. The van der Waals surface area contributed by atoms with E-state index in [1.165, 1.54) is 12.1 Å². The first-order chi connectivity index (χ1) is 12.5. The molecule has 0 unspecified atom stereocenters. The molecule has 2 aromatic rings. The van der Waals surface area contributed by atoms with Gasteiger partial charge in [-0.05, 0) is 36.2 Å². The van der Waals surface area contributed by atoms with Crippen molar-refractivity contribution in [3.8, 4) is 11.5 Å². The maximum absolute atomic E-state index is 12.9. The summed E-state index contributed by atoms with van der Waals surface area (Å²) in [6.45, 7) is 5.89. The maximum atomic E-state index is 12.9. The third-order valence-electron chi connectivity index (χ3n) is 4.47. The number of rotatable bonds is 1. The summed E-state index contributed by atoms with van der Waals surface area (Å²) in [6.07, 6.45) is 1.54. The highest BCUT2D eigenvalue weighted by Crippen LogP contribution is 2.38. The van der Waals surface area contributed by atoms with Crippen molar-refractivity contribution in [2.45, 2.75) is 12.8 Å². The second-order valence-electron chi connectivity index (χ2n) is 6.16. The summed E-state index contributed by atoms with van der Waals surface area (Å²) in [6, 6.07) is 6.91. The Bertz CT molecular complexity index is 894. The van der Waals surface area contributed by atoms with Gasteiger partial charge in [-0.15, -0.1) is 0 Å². The van der Waals surface area contributed by atoms with Crippen LogP contribution in [0.3, 0.4) is 0 Å². The van der Waals surface area contributed by atoms with Crippen molar-refractivity contribution >= 4 is 34.8 Å². The molecule has 5 nitrogen and oxygen atoms in total. The molecule has 0 aliphatic carbocycles. The largest absolute Gasteiger partial charge is 0.490 e. The van der Waals surface area contributed by atoms with E-state index in [1.54, 1.807) is 4.90 Å². The molecule has 0 saturated carbocycles. The Hall–Kier alpha value is -2.24. The van der Waals surface area contributed by atoms with Gasteiger partial charge in [-0.3, -0.25) is 4.79 Å². The molecular weight excluding hydrogens is 375 g/mol. The molecule has 0 atom stereocenters. The summed E-state index contributed by atoms with van der Waals surface area (Å²) >= 11 is 11.9. The third kappa shape index (κ3) is 3.13. The van der Waals surface area contributed by atoms with E-state index in [9.17, 15) is 4.79 Å². The lowest BCUT2D eigenvalue weighted by Crippen LogP contribution is -2.34. The van der Waals surface area contributed by atoms with Crippen LogP contribution in [0.1, 0.15) is 27.9 Å². The van der Waals surface area contributed by atoms with Crippen LogP contribution in [-0.2, 0) is 6.42 Å². The zero-order valence-corrected chi connectivity index (χ0v) is 15.4. The SMILES string of the molecule is C=C1c2cc3c(cc2CCN1C(=O)c1cc(Cl)nc(Cl)c1)OCCCO3. The van der Waals surface area contributed by atoms with Gasteiger partial charge in [0, 0.05) is 29.8 Å². The zero-order valence-electron chi connectivity index (χ0n) is 13.9. The second kappa shape index (κ2) is 6.82. The molecule has 0 N–H and O–H groups in total. The van der Waals surface area contributed by atoms with E-state index in [4.69, 9.17) is 32.7 Å². The zero-order chi connectivity index (χ0) is 18.3. The standard InChI is InChI=1S/C19H16Cl2N2O3/c1-11-14-10-16-15(25-5-2-6-26-16)7-12(14)3-4-23(11)19(24)13-8-17(20)22-18(21)9-13/h7-10H,1-6H2. The fraction of sp³-hybridized carbons (Fsp3) is 0.263. The van der Waals surface area contributed by atoms with Crippen molar-refractivity contribution in [3.05, 3.63) is 57.8 Å². The number of aromatic nitrogens is 1. The summed E-state index contributed by atoms with van der Waals surface area (Å²) in [5.41, 5.74) is 2.99. The lowest BCUT2D eigenvalue weighted by molar-refractivity contribution is 0.0833. The minimum absolute atomic E-state index is 0.180. The number of pyridine rings is 1. The molecule has 0 saturated heterocycles. The first kappa shape index (κ1) is 17.2. The number of nitrogens with zero attached hydrogens (tertiary/aromatic N) is 2. The molecule has 1 aromatic carbocycles. The Kier molecular flexibility index (Phi) is 4.51. The van der Waals surface area contributed by atoms with E-state index in [2.05, 4.69) is 11.6 Å². The van der Waals surface area contributed by atoms with E-state index < -0.39 is 0 Å². The molecule has 4 rings (SSSR count). The van der Waals surface area contributed by atoms with Crippen LogP contribution < -0.4 is 9.47 Å². The molecular formula is C19H16Cl2N2O3. The number of ether oxygens (including phenoxy) is 2. The monoisotopic (exact) mass is 390 g/mol. The van der Waals surface area contributed by atoms with Gasteiger partial charge < -0.3 is 14.4 Å². The van der Waals surface area contributed by atoms with Gasteiger partial charge in [-0.25, -0.2) is 4.98 Å². The number of carbonyl (C=O) groups is 1. The number of fused-ring (bicyclic) bond motifs is 2. The van der Waals surface area contributed by atoms with Crippen LogP contribution in [-0.4, -0.2) is 35.5 Å². The Labute approximate surface area is 161 Å². The van der Waals surface area contributed by atoms with E-state index >= 15 is 0 Å². The quantitative estimate of drug-likeness (QED) is 0.684. The van der Waals surface area contributed by atoms with Gasteiger partial charge in [0.25, 0.3) is 5.91 Å². The van der Waals surface area contributed by atoms with Crippen LogP contribution in [0.2, 0.25) is 10.3 Å².